The number of hydrogen-bond donors (Lipinski definition) is 1. The molecule has 2 aromatic heterocycles. The second kappa shape index (κ2) is 8.43. The van der Waals surface area contributed by atoms with E-state index in [4.69, 9.17) is 9.47 Å². The van der Waals surface area contributed by atoms with Crippen LogP contribution >= 0.6 is 0 Å². The number of piperazine rings is 1. The van der Waals surface area contributed by atoms with Crippen molar-refractivity contribution in [1.29, 1.82) is 0 Å². The van der Waals surface area contributed by atoms with Gasteiger partial charge in [0.25, 0.3) is 11.7 Å². The lowest BCUT2D eigenvalue weighted by atomic mass is 10.1. The molecule has 0 saturated carbocycles. The highest BCUT2D eigenvalue weighted by molar-refractivity contribution is 6.45. The van der Waals surface area contributed by atoms with E-state index in [9.17, 15) is 9.59 Å². The van der Waals surface area contributed by atoms with E-state index in [1.54, 1.807) is 4.90 Å². The average Bonchev–Trinajstić information content (AvgIpc) is 3.51. The largest absolute Gasteiger partial charge is 0.454 e. The molecule has 35 heavy (non-hydrogen) atoms. The van der Waals surface area contributed by atoms with E-state index in [0.717, 1.165) is 33.7 Å². The molecule has 4 heterocycles. The number of amides is 1. The van der Waals surface area contributed by atoms with Crippen LogP contribution in [0.1, 0.15) is 16.1 Å². The van der Waals surface area contributed by atoms with E-state index in [2.05, 4.69) is 20.1 Å². The number of Topliss-reactive ketones (excluding diaryl/α,β-unsaturated/α-hetero) is 1. The number of rotatable bonds is 4. The highest BCUT2D eigenvalue weighted by Crippen LogP contribution is 2.35. The molecule has 0 unspecified atom stereocenters. The Morgan fingerprint density at radius 1 is 0.914 bits per heavy atom. The third-order valence-electron chi connectivity index (χ3n) is 6.52. The van der Waals surface area contributed by atoms with Crippen molar-refractivity contribution in [3.63, 3.8) is 0 Å². The number of carbonyl (C=O) groups is 2. The van der Waals surface area contributed by atoms with Gasteiger partial charge in [-0.15, -0.1) is 10.2 Å². The van der Waals surface area contributed by atoms with Crippen molar-refractivity contribution in [2.45, 2.75) is 6.92 Å². The van der Waals surface area contributed by atoms with Gasteiger partial charge in [-0.3, -0.25) is 9.59 Å². The van der Waals surface area contributed by atoms with E-state index in [1.807, 2.05) is 61.5 Å². The zero-order valence-electron chi connectivity index (χ0n) is 19.2. The Labute approximate surface area is 201 Å². The smallest absolute Gasteiger partial charge is 0.295 e. The first-order chi connectivity index (χ1) is 17.1. The fraction of sp³-hybridized carbons (Fsp3) is 0.231. The molecule has 0 atom stereocenters. The molecule has 1 saturated heterocycles. The van der Waals surface area contributed by atoms with Gasteiger partial charge in [-0.1, -0.05) is 18.2 Å². The number of para-hydroxylation sites is 1. The van der Waals surface area contributed by atoms with Gasteiger partial charge < -0.3 is 24.3 Å². The maximum Gasteiger partial charge on any atom is 0.295 e. The second-order valence-corrected chi connectivity index (χ2v) is 8.62. The molecule has 0 radical (unpaired) electrons. The van der Waals surface area contributed by atoms with Gasteiger partial charge in [0, 0.05) is 48.3 Å². The molecule has 2 aromatic carbocycles. The van der Waals surface area contributed by atoms with Crippen molar-refractivity contribution in [3.8, 4) is 22.8 Å². The van der Waals surface area contributed by atoms with Gasteiger partial charge in [0.05, 0.1) is 11.3 Å². The lowest BCUT2D eigenvalue weighted by Crippen LogP contribution is -2.51. The lowest BCUT2D eigenvalue weighted by molar-refractivity contribution is -0.126. The molecule has 9 nitrogen and oxygen atoms in total. The molecule has 2 aliphatic heterocycles. The fourth-order valence-corrected chi connectivity index (χ4v) is 4.66. The Bertz CT molecular complexity index is 1440. The number of nitrogens with zero attached hydrogens (tertiary/aromatic N) is 4. The minimum Gasteiger partial charge on any atom is -0.454 e. The molecule has 176 valence electrons. The van der Waals surface area contributed by atoms with Crippen LogP contribution < -0.4 is 14.4 Å². The summed E-state index contributed by atoms with van der Waals surface area (Å²) in [5.41, 5.74) is 3.66. The third kappa shape index (κ3) is 3.74. The van der Waals surface area contributed by atoms with Gasteiger partial charge in [0.15, 0.2) is 17.3 Å². The van der Waals surface area contributed by atoms with Crippen LogP contribution in [0.15, 0.2) is 54.6 Å². The van der Waals surface area contributed by atoms with Crippen LogP contribution in [0.5, 0.6) is 11.5 Å². The third-order valence-corrected chi connectivity index (χ3v) is 6.52. The maximum atomic E-state index is 13.1. The van der Waals surface area contributed by atoms with Crippen molar-refractivity contribution in [1.82, 2.24) is 20.1 Å². The molecule has 6 rings (SSSR count). The molecule has 0 aliphatic carbocycles. The molecule has 4 aromatic rings. The van der Waals surface area contributed by atoms with E-state index >= 15 is 0 Å². The molecule has 1 N–H and O–H groups in total. The van der Waals surface area contributed by atoms with Crippen molar-refractivity contribution in [3.05, 3.63) is 65.9 Å². The monoisotopic (exact) mass is 469 g/mol. The van der Waals surface area contributed by atoms with Crippen LogP contribution in [-0.4, -0.2) is 64.7 Å². The molecule has 0 spiro atoms. The number of ether oxygens (including phenoxy) is 2. The summed E-state index contributed by atoms with van der Waals surface area (Å²) in [6.45, 7) is 4.08. The topological polar surface area (TPSA) is 101 Å². The Morgan fingerprint density at radius 2 is 1.71 bits per heavy atom. The van der Waals surface area contributed by atoms with Crippen molar-refractivity contribution in [2.24, 2.45) is 0 Å². The zero-order valence-corrected chi connectivity index (χ0v) is 19.2. The van der Waals surface area contributed by atoms with Gasteiger partial charge in [0.2, 0.25) is 6.79 Å². The fourth-order valence-electron chi connectivity index (χ4n) is 4.66. The average molecular weight is 470 g/mol. The van der Waals surface area contributed by atoms with E-state index in [0.29, 0.717) is 43.2 Å². The number of carbonyl (C=O) groups excluding carboxylic acids is 2. The number of aromatic nitrogens is 3. The van der Waals surface area contributed by atoms with Gasteiger partial charge in [-0.05, 0) is 43.3 Å². The number of aryl methyl sites for hydroxylation is 1. The predicted molar refractivity (Wildman–Crippen MR) is 130 cm³/mol. The van der Waals surface area contributed by atoms with Crippen LogP contribution in [0.25, 0.3) is 22.2 Å². The van der Waals surface area contributed by atoms with E-state index in [-0.39, 0.29) is 6.79 Å². The maximum absolute atomic E-state index is 13.1. The van der Waals surface area contributed by atoms with Crippen LogP contribution in [0.2, 0.25) is 0 Å². The Morgan fingerprint density at radius 3 is 2.51 bits per heavy atom. The Kier molecular flexibility index (Phi) is 5.09. The molecule has 1 fully saturated rings. The first kappa shape index (κ1) is 21.2. The number of anilines is 1. The number of nitrogens with one attached hydrogen (secondary N) is 1. The summed E-state index contributed by atoms with van der Waals surface area (Å²) < 4.78 is 10.8. The summed E-state index contributed by atoms with van der Waals surface area (Å²) in [6.07, 6.45) is 0. The Hall–Kier alpha value is -4.40. The van der Waals surface area contributed by atoms with Crippen molar-refractivity contribution >= 4 is 28.4 Å². The molecule has 9 heteroatoms. The van der Waals surface area contributed by atoms with Crippen LogP contribution in [0.3, 0.4) is 0 Å². The first-order valence-electron chi connectivity index (χ1n) is 11.5. The number of fused-ring (bicyclic) bond motifs is 2. The SMILES string of the molecule is Cc1[nH]c2ccccc2c1C(=O)C(=O)N1CCN(c2ccc(-c3ccc4c(c3)OCO4)nn2)CC1. The molecular weight excluding hydrogens is 446 g/mol. The summed E-state index contributed by atoms with van der Waals surface area (Å²) in [5, 5.41) is 9.55. The summed E-state index contributed by atoms with van der Waals surface area (Å²) >= 11 is 0. The molecule has 2 aliphatic rings. The summed E-state index contributed by atoms with van der Waals surface area (Å²) in [4.78, 5) is 33.0. The van der Waals surface area contributed by atoms with Gasteiger partial charge in [0.1, 0.15) is 0 Å². The van der Waals surface area contributed by atoms with Gasteiger partial charge in [-0.25, -0.2) is 0 Å². The van der Waals surface area contributed by atoms with Crippen LogP contribution in [0, 0.1) is 6.92 Å². The highest BCUT2D eigenvalue weighted by atomic mass is 16.7. The van der Waals surface area contributed by atoms with Crippen LogP contribution in [-0.2, 0) is 4.79 Å². The minimum atomic E-state index is -0.471. The number of hydrogen-bond acceptors (Lipinski definition) is 7. The normalized spacial score (nSPS) is 15.0. The number of ketones is 1. The summed E-state index contributed by atoms with van der Waals surface area (Å²) in [5.74, 6) is 1.22. The van der Waals surface area contributed by atoms with Gasteiger partial charge >= 0.3 is 0 Å². The summed E-state index contributed by atoms with van der Waals surface area (Å²) in [6, 6.07) is 17.1. The van der Waals surface area contributed by atoms with Crippen LogP contribution in [0.4, 0.5) is 5.82 Å². The van der Waals surface area contributed by atoms with Gasteiger partial charge in [-0.2, -0.15) is 0 Å². The highest BCUT2D eigenvalue weighted by Gasteiger charge is 2.30. The minimum absolute atomic E-state index is 0.227. The zero-order chi connectivity index (χ0) is 23.9. The standard InChI is InChI=1S/C26H23N5O4/c1-16-24(18-4-2-3-5-20(18)27-16)25(32)26(33)31-12-10-30(11-13-31)23-9-7-19(28-29-23)17-6-8-21-22(14-17)35-15-34-21/h2-9,14,27H,10-13,15H2,1H3. The first-order valence-corrected chi connectivity index (χ1v) is 11.5. The number of H-pyrrole nitrogens is 1. The lowest BCUT2D eigenvalue weighted by Gasteiger charge is -2.34. The van der Waals surface area contributed by atoms with Crippen molar-refractivity contribution in [2.75, 3.05) is 37.9 Å². The quantitative estimate of drug-likeness (QED) is 0.362. The molecule has 1 amide bonds. The molecular formula is C26H23N5O4. The second-order valence-electron chi connectivity index (χ2n) is 8.62. The molecule has 0 bridgehead atoms. The predicted octanol–water partition coefficient (Wildman–Crippen LogP) is 3.19. The van der Waals surface area contributed by atoms with Crippen molar-refractivity contribution < 1.29 is 19.1 Å². The Balaban J connectivity index is 1.12. The number of benzene rings is 2. The summed E-state index contributed by atoms with van der Waals surface area (Å²) in [7, 11) is 0. The number of aromatic amines is 1. The van der Waals surface area contributed by atoms with E-state index in [1.165, 1.54) is 0 Å². The van der Waals surface area contributed by atoms with E-state index < -0.39 is 11.7 Å².